The van der Waals surface area contributed by atoms with Crippen LogP contribution in [0.15, 0.2) is 59.6 Å². The van der Waals surface area contributed by atoms with Gasteiger partial charge in [-0.05, 0) is 61.4 Å². The van der Waals surface area contributed by atoms with Crippen molar-refractivity contribution in [1.82, 2.24) is 9.29 Å². The number of hydrogen-bond acceptors (Lipinski definition) is 4. The molecule has 1 atom stereocenters. The van der Waals surface area contributed by atoms with Crippen LogP contribution in [0.4, 0.5) is 11.4 Å². The second kappa shape index (κ2) is 8.52. The predicted molar refractivity (Wildman–Crippen MR) is 119 cm³/mol. The lowest BCUT2D eigenvalue weighted by Gasteiger charge is -2.31. The third-order valence-electron chi connectivity index (χ3n) is 5.39. The van der Waals surface area contributed by atoms with E-state index in [1.165, 1.54) is 23.4 Å². The van der Waals surface area contributed by atoms with Gasteiger partial charge < -0.3 is 15.6 Å². The number of benzene rings is 2. The number of carbonyl (C=O) groups is 2. The molecule has 2 aromatic carbocycles. The first kappa shape index (κ1) is 21.1. The molecule has 0 aliphatic carbocycles. The topological polar surface area (TPSA) is 111 Å². The van der Waals surface area contributed by atoms with Gasteiger partial charge in [-0.25, -0.2) is 8.42 Å². The van der Waals surface area contributed by atoms with Crippen LogP contribution in [-0.4, -0.2) is 42.6 Å². The van der Waals surface area contributed by atoms with Crippen molar-refractivity contribution < 1.29 is 18.0 Å². The molecule has 1 unspecified atom stereocenters. The highest BCUT2D eigenvalue weighted by molar-refractivity contribution is 7.89. The molecule has 1 aromatic heterocycles. The zero-order chi connectivity index (χ0) is 22.0. The van der Waals surface area contributed by atoms with Crippen molar-refractivity contribution in [3.8, 4) is 0 Å². The van der Waals surface area contributed by atoms with E-state index in [0.29, 0.717) is 30.8 Å². The summed E-state index contributed by atoms with van der Waals surface area (Å²) in [4.78, 5) is 27.2. The van der Waals surface area contributed by atoms with Gasteiger partial charge in [-0.1, -0.05) is 0 Å². The zero-order valence-electron chi connectivity index (χ0n) is 17.1. The fraction of sp³-hybridized carbons (Fsp3) is 0.273. The lowest BCUT2D eigenvalue weighted by molar-refractivity contribution is -0.121. The van der Waals surface area contributed by atoms with Crippen LogP contribution in [0.1, 0.15) is 19.8 Å². The number of anilines is 2. The Morgan fingerprint density at radius 2 is 1.77 bits per heavy atom. The molecule has 3 N–H and O–H groups in total. The maximum absolute atomic E-state index is 13.1. The van der Waals surface area contributed by atoms with E-state index in [1.807, 2.05) is 30.5 Å². The molecule has 3 aromatic rings. The number of piperidine rings is 1. The van der Waals surface area contributed by atoms with Crippen molar-refractivity contribution in [2.75, 3.05) is 23.7 Å². The normalized spacial score (nSPS) is 17.4. The fourth-order valence-corrected chi connectivity index (χ4v) is 5.34. The van der Waals surface area contributed by atoms with Gasteiger partial charge in [0.2, 0.25) is 21.8 Å². The SMILES string of the molecule is CC(=O)Nc1ccc(S(=O)(=O)N2CCCC(C(=O)Nc3ccc4[nH]ccc4c3)C2)cc1. The largest absolute Gasteiger partial charge is 0.361 e. The van der Waals surface area contributed by atoms with Crippen molar-refractivity contribution in [2.45, 2.75) is 24.7 Å². The second-order valence-corrected chi connectivity index (χ2v) is 9.61. The number of carbonyl (C=O) groups excluding carboxylic acids is 2. The first-order chi connectivity index (χ1) is 14.8. The van der Waals surface area contributed by atoms with E-state index in [-0.39, 0.29) is 23.3 Å². The third kappa shape index (κ3) is 4.62. The Balaban J connectivity index is 1.45. The second-order valence-electron chi connectivity index (χ2n) is 7.68. The maximum Gasteiger partial charge on any atom is 0.243 e. The Labute approximate surface area is 180 Å². The number of aromatic amines is 1. The van der Waals surface area contributed by atoms with Crippen molar-refractivity contribution in [2.24, 2.45) is 5.92 Å². The lowest BCUT2D eigenvalue weighted by Crippen LogP contribution is -2.43. The molecule has 0 spiro atoms. The summed E-state index contributed by atoms with van der Waals surface area (Å²) in [6.45, 7) is 1.89. The number of nitrogens with one attached hydrogen (secondary N) is 3. The molecule has 9 heteroatoms. The van der Waals surface area contributed by atoms with E-state index >= 15 is 0 Å². The van der Waals surface area contributed by atoms with Gasteiger partial charge in [0.05, 0.1) is 10.8 Å². The number of amides is 2. The van der Waals surface area contributed by atoms with E-state index in [2.05, 4.69) is 15.6 Å². The summed E-state index contributed by atoms with van der Waals surface area (Å²) in [5, 5.41) is 6.53. The molecule has 0 saturated carbocycles. The quantitative estimate of drug-likeness (QED) is 0.566. The number of fused-ring (bicyclic) bond motifs is 1. The smallest absolute Gasteiger partial charge is 0.243 e. The Hall–Kier alpha value is -3.17. The molecule has 2 heterocycles. The number of sulfonamides is 1. The highest BCUT2D eigenvalue weighted by Crippen LogP contribution is 2.26. The van der Waals surface area contributed by atoms with E-state index in [0.717, 1.165) is 10.9 Å². The molecule has 0 bridgehead atoms. The summed E-state index contributed by atoms with van der Waals surface area (Å²) >= 11 is 0. The molecule has 1 fully saturated rings. The maximum atomic E-state index is 13.1. The Morgan fingerprint density at radius 3 is 2.52 bits per heavy atom. The first-order valence-corrected chi connectivity index (χ1v) is 11.5. The number of rotatable bonds is 5. The first-order valence-electron chi connectivity index (χ1n) is 10.1. The van der Waals surface area contributed by atoms with E-state index in [1.54, 1.807) is 12.1 Å². The van der Waals surface area contributed by atoms with Gasteiger partial charge in [-0.3, -0.25) is 9.59 Å². The molecular formula is C22H24N4O4S. The van der Waals surface area contributed by atoms with E-state index < -0.39 is 15.9 Å². The summed E-state index contributed by atoms with van der Waals surface area (Å²) in [5.74, 6) is -0.837. The number of aromatic nitrogens is 1. The Morgan fingerprint density at radius 1 is 1.03 bits per heavy atom. The average molecular weight is 441 g/mol. The van der Waals surface area contributed by atoms with Crippen molar-refractivity contribution >= 4 is 44.1 Å². The van der Waals surface area contributed by atoms with E-state index in [4.69, 9.17) is 0 Å². The molecule has 1 aliphatic rings. The van der Waals surface area contributed by atoms with Crippen LogP contribution >= 0.6 is 0 Å². The summed E-state index contributed by atoms with van der Waals surface area (Å²) in [6.07, 6.45) is 3.08. The van der Waals surface area contributed by atoms with Crippen LogP contribution in [0.3, 0.4) is 0 Å². The summed E-state index contributed by atoms with van der Waals surface area (Å²) in [6, 6.07) is 13.6. The molecule has 1 aliphatic heterocycles. The van der Waals surface area contributed by atoms with Crippen molar-refractivity contribution in [3.63, 3.8) is 0 Å². The number of H-pyrrole nitrogens is 1. The molecule has 1 saturated heterocycles. The minimum Gasteiger partial charge on any atom is -0.361 e. The van der Waals surface area contributed by atoms with Crippen LogP contribution in [0.25, 0.3) is 10.9 Å². The highest BCUT2D eigenvalue weighted by atomic mass is 32.2. The molecule has 162 valence electrons. The molecule has 4 rings (SSSR count). The highest BCUT2D eigenvalue weighted by Gasteiger charge is 2.33. The number of hydrogen-bond donors (Lipinski definition) is 3. The van der Waals surface area contributed by atoms with Crippen molar-refractivity contribution in [3.05, 3.63) is 54.7 Å². The molecule has 31 heavy (non-hydrogen) atoms. The van der Waals surface area contributed by atoms with Crippen LogP contribution in [-0.2, 0) is 19.6 Å². The van der Waals surface area contributed by atoms with Crippen LogP contribution in [0.2, 0.25) is 0 Å². The zero-order valence-corrected chi connectivity index (χ0v) is 17.9. The fourth-order valence-electron chi connectivity index (χ4n) is 3.81. The van der Waals surface area contributed by atoms with Crippen LogP contribution < -0.4 is 10.6 Å². The third-order valence-corrected chi connectivity index (χ3v) is 7.27. The Bertz CT molecular complexity index is 1220. The minimum atomic E-state index is -3.73. The predicted octanol–water partition coefficient (Wildman–Crippen LogP) is 3.17. The van der Waals surface area contributed by atoms with Gasteiger partial charge in [0, 0.05) is 48.5 Å². The van der Waals surface area contributed by atoms with Crippen molar-refractivity contribution in [1.29, 1.82) is 0 Å². The standard InChI is InChI=1S/C22H24N4O4S/c1-15(27)24-18-4-7-20(8-5-18)31(29,30)26-12-2-3-17(14-26)22(28)25-19-6-9-21-16(13-19)10-11-23-21/h4-11,13,17,23H,2-3,12,14H2,1H3,(H,24,27)(H,25,28). The summed E-state index contributed by atoms with van der Waals surface area (Å²) < 4.78 is 27.5. The molecule has 8 nitrogen and oxygen atoms in total. The van der Waals surface area contributed by atoms with Crippen LogP contribution in [0.5, 0.6) is 0 Å². The van der Waals surface area contributed by atoms with Gasteiger partial charge in [0.1, 0.15) is 0 Å². The summed E-state index contributed by atoms with van der Waals surface area (Å²) in [5.41, 5.74) is 2.20. The van der Waals surface area contributed by atoms with Crippen LogP contribution in [0, 0.1) is 5.92 Å². The molecule has 0 radical (unpaired) electrons. The molecular weight excluding hydrogens is 416 g/mol. The monoisotopic (exact) mass is 440 g/mol. The minimum absolute atomic E-state index is 0.133. The number of nitrogens with zero attached hydrogens (tertiary/aromatic N) is 1. The lowest BCUT2D eigenvalue weighted by atomic mass is 9.98. The van der Waals surface area contributed by atoms with E-state index in [9.17, 15) is 18.0 Å². The van der Waals surface area contributed by atoms with Gasteiger partial charge in [-0.15, -0.1) is 0 Å². The van der Waals surface area contributed by atoms with Gasteiger partial charge in [0.15, 0.2) is 0 Å². The van der Waals surface area contributed by atoms with Gasteiger partial charge in [-0.2, -0.15) is 4.31 Å². The molecule has 2 amide bonds. The van der Waals surface area contributed by atoms with Gasteiger partial charge in [0.25, 0.3) is 0 Å². The summed E-state index contributed by atoms with van der Waals surface area (Å²) in [7, 11) is -3.73. The van der Waals surface area contributed by atoms with Gasteiger partial charge >= 0.3 is 0 Å². The Kier molecular flexibility index (Phi) is 5.79. The average Bonchev–Trinajstić information content (AvgIpc) is 3.22.